The van der Waals surface area contributed by atoms with Gasteiger partial charge in [0.25, 0.3) is 5.91 Å². The molecule has 0 fully saturated rings. The zero-order chi connectivity index (χ0) is 22.5. The molecule has 0 unspecified atom stereocenters. The third kappa shape index (κ3) is 6.19. The Bertz CT molecular complexity index is 1140. The number of carbonyl (C=O) groups excluding carboxylic acids is 2. The minimum absolute atomic E-state index is 0.0110. The van der Waals surface area contributed by atoms with Gasteiger partial charge in [0.05, 0.1) is 28.0 Å². The summed E-state index contributed by atoms with van der Waals surface area (Å²) in [6.45, 7) is 0.124. The molecule has 3 rings (SSSR count). The molecular formula is C19H15BrCl2FN5O2S. The van der Waals surface area contributed by atoms with Gasteiger partial charge < -0.3 is 15.2 Å². The predicted octanol–water partition coefficient (Wildman–Crippen LogP) is 4.68. The van der Waals surface area contributed by atoms with Crippen molar-refractivity contribution in [3.8, 4) is 0 Å². The van der Waals surface area contributed by atoms with Crippen molar-refractivity contribution in [2.75, 3.05) is 11.1 Å². The number of carbonyl (C=O) groups is 2. The van der Waals surface area contributed by atoms with Crippen molar-refractivity contribution in [2.24, 2.45) is 7.05 Å². The van der Waals surface area contributed by atoms with E-state index in [1.165, 1.54) is 18.2 Å². The van der Waals surface area contributed by atoms with Crippen LogP contribution in [0.5, 0.6) is 0 Å². The molecule has 0 saturated carbocycles. The summed E-state index contributed by atoms with van der Waals surface area (Å²) in [6.07, 6.45) is 0. The van der Waals surface area contributed by atoms with E-state index in [4.69, 9.17) is 23.2 Å². The van der Waals surface area contributed by atoms with Gasteiger partial charge in [-0.15, -0.1) is 10.2 Å². The Morgan fingerprint density at radius 1 is 1.16 bits per heavy atom. The van der Waals surface area contributed by atoms with Gasteiger partial charge in [-0.2, -0.15) is 0 Å². The van der Waals surface area contributed by atoms with E-state index in [0.717, 1.165) is 11.8 Å². The van der Waals surface area contributed by atoms with Crippen molar-refractivity contribution in [1.29, 1.82) is 0 Å². The van der Waals surface area contributed by atoms with Crippen LogP contribution in [0.15, 0.2) is 46.0 Å². The Labute approximate surface area is 199 Å². The van der Waals surface area contributed by atoms with Crippen molar-refractivity contribution >= 4 is 68.4 Å². The SMILES string of the molecule is Cn1c(CNC(=O)c2ccc(Cl)c(Cl)c2)nnc1SCC(=O)Nc1ccc(Br)cc1F. The molecule has 12 heteroatoms. The number of amides is 2. The zero-order valence-electron chi connectivity index (χ0n) is 16.0. The van der Waals surface area contributed by atoms with Gasteiger partial charge in [0.1, 0.15) is 5.82 Å². The van der Waals surface area contributed by atoms with Crippen molar-refractivity contribution in [3.05, 3.63) is 68.1 Å². The number of anilines is 1. The highest BCUT2D eigenvalue weighted by Crippen LogP contribution is 2.23. The van der Waals surface area contributed by atoms with Gasteiger partial charge in [-0.05, 0) is 36.4 Å². The molecule has 0 bridgehead atoms. The quantitative estimate of drug-likeness (QED) is 0.420. The summed E-state index contributed by atoms with van der Waals surface area (Å²) in [6, 6.07) is 8.95. The molecular weight excluding hydrogens is 532 g/mol. The van der Waals surface area contributed by atoms with E-state index in [9.17, 15) is 14.0 Å². The first-order valence-corrected chi connectivity index (χ1v) is 11.3. The van der Waals surface area contributed by atoms with E-state index in [1.807, 2.05) is 0 Å². The first-order chi connectivity index (χ1) is 14.7. The minimum Gasteiger partial charge on any atom is -0.345 e. The Kier molecular flexibility index (Phi) is 7.93. The van der Waals surface area contributed by atoms with Crippen LogP contribution in [0.2, 0.25) is 10.0 Å². The number of hydrogen-bond acceptors (Lipinski definition) is 5. The van der Waals surface area contributed by atoms with Crippen LogP contribution in [0.4, 0.5) is 10.1 Å². The van der Waals surface area contributed by atoms with Gasteiger partial charge >= 0.3 is 0 Å². The second-order valence-electron chi connectivity index (χ2n) is 6.23. The number of nitrogens with zero attached hydrogens (tertiary/aromatic N) is 3. The highest BCUT2D eigenvalue weighted by atomic mass is 79.9. The average molecular weight is 547 g/mol. The molecule has 0 aliphatic carbocycles. The first-order valence-electron chi connectivity index (χ1n) is 8.74. The van der Waals surface area contributed by atoms with Crippen molar-refractivity contribution < 1.29 is 14.0 Å². The average Bonchev–Trinajstić information content (AvgIpc) is 3.08. The van der Waals surface area contributed by atoms with E-state index in [2.05, 4.69) is 36.8 Å². The third-order valence-corrected chi connectivity index (χ3v) is 6.30. The zero-order valence-corrected chi connectivity index (χ0v) is 19.9. The van der Waals surface area contributed by atoms with Crippen LogP contribution in [0.25, 0.3) is 0 Å². The number of halogens is 4. The summed E-state index contributed by atoms with van der Waals surface area (Å²) >= 11 is 16.1. The standard InChI is InChI=1S/C19H15BrCl2FN5O2S/c1-28-16(8-24-18(30)10-2-4-12(21)13(22)6-10)26-27-19(28)31-9-17(29)25-15-5-3-11(20)7-14(15)23/h2-7H,8-9H2,1H3,(H,24,30)(H,25,29). The smallest absolute Gasteiger partial charge is 0.251 e. The van der Waals surface area contributed by atoms with Crippen LogP contribution < -0.4 is 10.6 Å². The summed E-state index contributed by atoms with van der Waals surface area (Å²) in [5, 5.41) is 14.4. The topological polar surface area (TPSA) is 88.9 Å². The molecule has 0 saturated heterocycles. The molecule has 162 valence electrons. The number of benzene rings is 2. The molecule has 3 aromatic rings. The second kappa shape index (κ2) is 10.4. The normalized spacial score (nSPS) is 10.7. The van der Waals surface area contributed by atoms with E-state index in [1.54, 1.807) is 29.8 Å². The predicted molar refractivity (Wildman–Crippen MR) is 122 cm³/mol. The number of aromatic nitrogens is 3. The number of thioether (sulfide) groups is 1. The monoisotopic (exact) mass is 545 g/mol. The van der Waals surface area contributed by atoms with Crippen molar-refractivity contribution in [1.82, 2.24) is 20.1 Å². The van der Waals surface area contributed by atoms with E-state index in [-0.39, 0.29) is 34.8 Å². The lowest BCUT2D eigenvalue weighted by atomic mass is 10.2. The van der Waals surface area contributed by atoms with Gasteiger partial charge in [-0.3, -0.25) is 9.59 Å². The Morgan fingerprint density at radius 2 is 1.94 bits per heavy atom. The lowest BCUT2D eigenvalue weighted by molar-refractivity contribution is -0.113. The molecule has 2 aromatic carbocycles. The molecule has 0 atom stereocenters. The van der Waals surface area contributed by atoms with Crippen LogP contribution in [-0.2, 0) is 18.4 Å². The maximum atomic E-state index is 13.8. The fourth-order valence-corrected chi connectivity index (χ4v) is 3.79. The van der Waals surface area contributed by atoms with Crippen molar-refractivity contribution in [3.63, 3.8) is 0 Å². The van der Waals surface area contributed by atoms with Crippen LogP contribution >= 0.6 is 50.9 Å². The fourth-order valence-electron chi connectivity index (χ4n) is 2.43. The first kappa shape index (κ1) is 23.5. The number of hydrogen-bond donors (Lipinski definition) is 2. The second-order valence-corrected chi connectivity index (χ2v) is 8.90. The summed E-state index contributed by atoms with van der Waals surface area (Å²) in [4.78, 5) is 24.4. The Balaban J connectivity index is 1.54. The van der Waals surface area contributed by atoms with Gasteiger partial charge in [0.15, 0.2) is 11.0 Å². The van der Waals surface area contributed by atoms with Gasteiger partial charge in [0, 0.05) is 17.1 Å². The molecule has 0 radical (unpaired) electrons. The Morgan fingerprint density at radius 3 is 2.65 bits per heavy atom. The summed E-state index contributed by atoms with van der Waals surface area (Å²) in [5.74, 6) is -0.756. The molecule has 0 aliphatic heterocycles. The van der Waals surface area contributed by atoms with Gasteiger partial charge in [-0.25, -0.2) is 4.39 Å². The molecule has 7 nitrogen and oxygen atoms in total. The Hall–Kier alpha value is -2.14. The third-order valence-electron chi connectivity index (χ3n) is 4.05. The van der Waals surface area contributed by atoms with Gasteiger partial charge in [-0.1, -0.05) is 50.9 Å². The van der Waals surface area contributed by atoms with Crippen LogP contribution in [0.1, 0.15) is 16.2 Å². The summed E-state index contributed by atoms with van der Waals surface area (Å²) in [7, 11) is 1.72. The maximum Gasteiger partial charge on any atom is 0.251 e. The number of rotatable bonds is 7. The highest BCUT2D eigenvalue weighted by molar-refractivity contribution is 9.10. The van der Waals surface area contributed by atoms with Crippen molar-refractivity contribution in [2.45, 2.75) is 11.7 Å². The van der Waals surface area contributed by atoms with Crippen LogP contribution in [0.3, 0.4) is 0 Å². The largest absolute Gasteiger partial charge is 0.345 e. The minimum atomic E-state index is -0.536. The summed E-state index contributed by atoms with van der Waals surface area (Å²) < 4.78 is 16.1. The maximum absolute atomic E-state index is 13.8. The van der Waals surface area contributed by atoms with Crippen LogP contribution in [0, 0.1) is 5.82 Å². The molecule has 2 amide bonds. The molecule has 0 spiro atoms. The lowest BCUT2D eigenvalue weighted by Gasteiger charge is -2.08. The van der Waals surface area contributed by atoms with E-state index >= 15 is 0 Å². The lowest BCUT2D eigenvalue weighted by Crippen LogP contribution is -2.24. The molecule has 1 aromatic heterocycles. The van der Waals surface area contributed by atoms with Gasteiger partial charge in [0.2, 0.25) is 5.91 Å². The number of nitrogens with one attached hydrogen (secondary N) is 2. The summed E-state index contributed by atoms with van der Waals surface area (Å²) in [5.41, 5.74) is 0.459. The van der Waals surface area contributed by atoms with E-state index in [0.29, 0.717) is 26.0 Å². The molecule has 31 heavy (non-hydrogen) atoms. The fraction of sp³-hybridized carbons (Fsp3) is 0.158. The molecule has 2 N–H and O–H groups in total. The van der Waals surface area contributed by atoms with E-state index < -0.39 is 5.82 Å². The molecule has 0 aliphatic rings. The van der Waals surface area contributed by atoms with Crippen LogP contribution in [-0.4, -0.2) is 32.3 Å². The molecule has 1 heterocycles. The highest BCUT2D eigenvalue weighted by Gasteiger charge is 2.14.